The van der Waals surface area contributed by atoms with Gasteiger partial charge in [0, 0.05) is 37.0 Å². The smallest absolute Gasteiger partial charge is 0.330 e. The number of methoxy groups -OCH3 is 2. The highest BCUT2D eigenvalue weighted by atomic mass is 35.5. The number of urea groups is 1. The van der Waals surface area contributed by atoms with Crippen molar-refractivity contribution in [2.75, 3.05) is 36.4 Å². The van der Waals surface area contributed by atoms with Gasteiger partial charge in [-0.1, -0.05) is 49.0 Å². The molecule has 1 unspecified atom stereocenters. The predicted molar refractivity (Wildman–Crippen MR) is 151 cm³/mol. The van der Waals surface area contributed by atoms with Gasteiger partial charge in [-0.3, -0.25) is 14.6 Å². The van der Waals surface area contributed by atoms with Crippen molar-refractivity contribution in [1.82, 2.24) is 15.3 Å². The molecule has 1 aliphatic heterocycles. The molecule has 1 aromatic heterocycles. The SMILES string of the molecule is C=CC(=O)N[C@H]1CC(C2CCC2)C[C@H]1Nc1ncc2c(n1)N(C)C(=O)N(c1c(Cl)c(OC)cc(OC)c1Cl)C2. The van der Waals surface area contributed by atoms with Crippen LogP contribution in [0.15, 0.2) is 24.9 Å². The summed E-state index contributed by atoms with van der Waals surface area (Å²) in [4.78, 5) is 37.8. The van der Waals surface area contributed by atoms with Crippen LogP contribution in [0.25, 0.3) is 0 Å². The lowest BCUT2D eigenvalue weighted by atomic mass is 9.75. The molecule has 2 heterocycles. The van der Waals surface area contributed by atoms with E-state index < -0.39 is 0 Å². The molecule has 3 aliphatic rings. The Bertz CT molecular complexity index is 1280. The molecule has 2 fully saturated rings. The molecule has 3 atom stereocenters. The van der Waals surface area contributed by atoms with Gasteiger partial charge in [-0.2, -0.15) is 4.98 Å². The van der Waals surface area contributed by atoms with Gasteiger partial charge < -0.3 is 20.1 Å². The second-order valence-corrected chi connectivity index (χ2v) is 11.0. The summed E-state index contributed by atoms with van der Waals surface area (Å²) in [5.74, 6) is 2.60. The lowest BCUT2D eigenvalue weighted by Crippen LogP contribution is -2.46. The fraction of sp³-hybridized carbons (Fsp3) is 0.481. The number of rotatable bonds is 8. The first kappa shape index (κ1) is 27.3. The average molecular weight is 575 g/mol. The molecule has 39 heavy (non-hydrogen) atoms. The lowest BCUT2D eigenvalue weighted by Gasteiger charge is -2.35. The number of nitrogens with one attached hydrogen (secondary N) is 2. The number of amides is 3. The van der Waals surface area contributed by atoms with E-state index in [4.69, 9.17) is 37.7 Å². The highest BCUT2D eigenvalue weighted by Crippen LogP contribution is 2.48. The summed E-state index contributed by atoms with van der Waals surface area (Å²) in [7, 11) is 4.59. The zero-order chi connectivity index (χ0) is 27.8. The second-order valence-electron chi connectivity index (χ2n) is 10.2. The first-order chi connectivity index (χ1) is 18.7. The number of hydrogen-bond acceptors (Lipinski definition) is 7. The van der Waals surface area contributed by atoms with Gasteiger partial charge in [-0.05, 0) is 30.8 Å². The first-order valence-electron chi connectivity index (χ1n) is 13.0. The summed E-state index contributed by atoms with van der Waals surface area (Å²) in [5.41, 5.74) is 1.000. The van der Waals surface area contributed by atoms with Crippen LogP contribution in [0.4, 0.5) is 22.2 Å². The van der Waals surface area contributed by atoms with Crippen molar-refractivity contribution in [3.8, 4) is 11.5 Å². The van der Waals surface area contributed by atoms with Gasteiger partial charge >= 0.3 is 6.03 Å². The van der Waals surface area contributed by atoms with Gasteiger partial charge in [0.15, 0.2) is 0 Å². The third-order valence-corrected chi connectivity index (χ3v) is 8.80. The van der Waals surface area contributed by atoms with Gasteiger partial charge in [0.1, 0.15) is 27.4 Å². The summed E-state index contributed by atoms with van der Waals surface area (Å²) in [6.07, 6.45) is 8.57. The zero-order valence-corrected chi connectivity index (χ0v) is 23.7. The van der Waals surface area contributed by atoms with Crippen molar-refractivity contribution < 1.29 is 19.1 Å². The molecule has 12 heteroatoms. The number of carbonyl (C=O) groups excluding carboxylic acids is 2. The molecule has 0 bridgehead atoms. The summed E-state index contributed by atoms with van der Waals surface area (Å²) in [6.45, 7) is 3.74. The maximum atomic E-state index is 13.5. The molecule has 2 N–H and O–H groups in total. The first-order valence-corrected chi connectivity index (χ1v) is 13.7. The number of hydrogen-bond donors (Lipinski definition) is 2. The van der Waals surface area contributed by atoms with Crippen LogP contribution >= 0.6 is 23.2 Å². The fourth-order valence-electron chi connectivity index (χ4n) is 5.76. The predicted octanol–water partition coefficient (Wildman–Crippen LogP) is 5.04. The van der Waals surface area contributed by atoms with E-state index in [2.05, 4.69) is 22.2 Å². The monoisotopic (exact) mass is 574 g/mol. The average Bonchev–Trinajstić information content (AvgIpc) is 3.27. The summed E-state index contributed by atoms with van der Waals surface area (Å²) in [6, 6.07) is 1.13. The summed E-state index contributed by atoms with van der Waals surface area (Å²) >= 11 is 13.2. The Morgan fingerprint density at radius 1 is 1.13 bits per heavy atom. The number of nitrogens with zero attached hydrogens (tertiary/aromatic N) is 4. The van der Waals surface area contributed by atoms with Crippen LogP contribution in [-0.2, 0) is 11.3 Å². The summed E-state index contributed by atoms with van der Waals surface area (Å²) in [5, 5.41) is 6.90. The molecule has 0 saturated heterocycles. The van der Waals surface area contributed by atoms with Crippen LogP contribution in [-0.4, -0.2) is 55.3 Å². The topological polar surface area (TPSA) is 109 Å². The molecule has 208 valence electrons. The van der Waals surface area contributed by atoms with Crippen LogP contribution in [0.2, 0.25) is 10.0 Å². The Labute approximate surface area is 237 Å². The van der Waals surface area contributed by atoms with Crippen molar-refractivity contribution >= 4 is 52.6 Å². The third-order valence-electron chi connectivity index (χ3n) is 8.07. The molecule has 2 saturated carbocycles. The molecular weight excluding hydrogens is 543 g/mol. The summed E-state index contributed by atoms with van der Waals surface area (Å²) < 4.78 is 10.7. The van der Waals surface area contributed by atoms with Crippen molar-refractivity contribution in [3.05, 3.63) is 40.5 Å². The van der Waals surface area contributed by atoms with E-state index in [-0.39, 0.29) is 46.3 Å². The number of fused-ring (bicyclic) bond motifs is 1. The number of aromatic nitrogens is 2. The Balaban J connectivity index is 1.40. The van der Waals surface area contributed by atoms with Crippen LogP contribution in [0.5, 0.6) is 11.5 Å². The second kappa shape index (κ2) is 11.1. The quantitative estimate of drug-likeness (QED) is 0.425. The third kappa shape index (κ3) is 5.07. The van der Waals surface area contributed by atoms with Crippen LogP contribution < -0.4 is 29.9 Å². The van der Waals surface area contributed by atoms with E-state index in [9.17, 15) is 9.59 Å². The fourth-order valence-corrected chi connectivity index (χ4v) is 6.47. The van der Waals surface area contributed by atoms with E-state index in [1.54, 1.807) is 19.3 Å². The normalized spacial score (nSPS) is 22.7. The largest absolute Gasteiger partial charge is 0.495 e. The number of benzene rings is 1. The number of ether oxygens (including phenoxy) is 2. The Kier molecular flexibility index (Phi) is 7.77. The van der Waals surface area contributed by atoms with E-state index >= 15 is 0 Å². The van der Waals surface area contributed by atoms with E-state index in [0.717, 1.165) is 12.8 Å². The molecule has 5 rings (SSSR count). The van der Waals surface area contributed by atoms with Crippen molar-refractivity contribution in [2.24, 2.45) is 11.8 Å². The Hall–Kier alpha value is -3.24. The molecular formula is C27H32Cl2N6O4. The number of halogens is 2. The Morgan fingerprint density at radius 2 is 1.79 bits per heavy atom. The minimum absolute atomic E-state index is 0.0273. The van der Waals surface area contributed by atoms with Gasteiger partial charge in [0.25, 0.3) is 0 Å². The molecule has 3 amide bonds. The van der Waals surface area contributed by atoms with Crippen LogP contribution in [0.1, 0.15) is 37.7 Å². The molecule has 2 aromatic rings. The van der Waals surface area contributed by atoms with Crippen LogP contribution in [0.3, 0.4) is 0 Å². The van der Waals surface area contributed by atoms with Gasteiger partial charge in [-0.25, -0.2) is 9.78 Å². The van der Waals surface area contributed by atoms with E-state index in [1.807, 2.05) is 0 Å². The van der Waals surface area contributed by atoms with E-state index in [0.29, 0.717) is 40.7 Å². The highest BCUT2D eigenvalue weighted by molar-refractivity contribution is 6.42. The Morgan fingerprint density at radius 3 is 2.38 bits per heavy atom. The molecule has 2 aliphatic carbocycles. The van der Waals surface area contributed by atoms with Gasteiger partial charge in [0.2, 0.25) is 11.9 Å². The minimum Gasteiger partial charge on any atom is -0.495 e. The van der Waals surface area contributed by atoms with Gasteiger partial charge in [0.05, 0.1) is 26.5 Å². The maximum Gasteiger partial charge on any atom is 0.330 e. The lowest BCUT2D eigenvalue weighted by molar-refractivity contribution is -0.117. The molecule has 10 nitrogen and oxygen atoms in total. The van der Waals surface area contributed by atoms with Crippen LogP contribution in [0, 0.1) is 11.8 Å². The van der Waals surface area contributed by atoms with Crippen molar-refractivity contribution in [2.45, 2.75) is 50.7 Å². The highest BCUT2D eigenvalue weighted by Gasteiger charge is 2.41. The minimum atomic E-state index is -0.367. The number of anilines is 3. The standard InChI is InChI=1S/C27H32Cl2N6O4/c1-5-21(36)31-17-9-15(14-7-6-8-14)10-18(17)32-26-30-12-16-13-35(27(37)34(2)25(16)33-26)24-22(28)19(38-3)11-20(39-4)23(24)29/h5,11-12,14-15,17-18H,1,6-10,13H2,2-4H3,(H,31,36)(H,30,32,33)/t15?,17-,18+/m0/s1. The molecule has 0 spiro atoms. The molecule has 0 radical (unpaired) electrons. The maximum absolute atomic E-state index is 13.5. The van der Waals surface area contributed by atoms with Gasteiger partial charge in [-0.15, -0.1) is 0 Å². The molecule has 1 aromatic carbocycles. The van der Waals surface area contributed by atoms with E-state index in [1.165, 1.54) is 49.4 Å². The number of carbonyl (C=O) groups is 2. The zero-order valence-electron chi connectivity index (χ0n) is 22.2. The van der Waals surface area contributed by atoms with Crippen molar-refractivity contribution in [1.29, 1.82) is 0 Å². The van der Waals surface area contributed by atoms with Crippen molar-refractivity contribution in [3.63, 3.8) is 0 Å².